The van der Waals surface area contributed by atoms with Crippen molar-refractivity contribution in [2.75, 3.05) is 45.8 Å². The molecular weight excluding hydrogens is 214 g/mol. The lowest BCUT2D eigenvalue weighted by molar-refractivity contribution is 0.243. The smallest absolute Gasteiger partial charge is 0.0270 e. The highest BCUT2D eigenvalue weighted by atomic mass is 15.2. The van der Waals surface area contributed by atoms with E-state index in [-0.39, 0.29) is 0 Å². The molecule has 0 saturated heterocycles. The second-order valence-corrected chi connectivity index (χ2v) is 4.12. The third kappa shape index (κ3) is 8.98. The predicted molar refractivity (Wildman–Crippen MR) is 73.1 cm³/mol. The summed E-state index contributed by atoms with van der Waals surface area (Å²) >= 11 is 0. The minimum atomic E-state index is 0.614. The maximum absolute atomic E-state index is 8.18. The highest BCUT2D eigenvalue weighted by molar-refractivity contribution is 4.60. The summed E-state index contributed by atoms with van der Waals surface area (Å²) in [4.78, 5) is 7.64. The molecule has 0 amide bonds. The molecule has 0 heterocycles. The van der Waals surface area contributed by atoms with Crippen LogP contribution in [0.15, 0.2) is 5.11 Å². The maximum atomic E-state index is 8.18. The molecule has 17 heavy (non-hydrogen) atoms. The van der Waals surface area contributed by atoms with Crippen LogP contribution in [-0.2, 0) is 0 Å². The molecule has 5 nitrogen and oxygen atoms in total. The van der Waals surface area contributed by atoms with Crippen LogP contribution in [0.1, 0.15) is 33.6 Å². The molecule has 0 aliphatic rings. The Morgan fingerprint density at radius 1 is 0.882 bits per heavy atom. The molecule has 0 aromatic rings. The Labute approximate surface area is 105 Å². The molecule has 100 valence electrons. The van der Waals surface area contributed by atoms with Crippen LogP contribution in [0.25, 0.3) is 10.4 Å². The molecule has 0 spiro atoms. The molecule has 0 saturated carbocycles. The van der Waals surface area contributed by atoms with Gasteiger partial charge in [0.2, 0.25) is 0 Å². The monoisotopic (exact) mass is 241 g/mol. The summed E-state index contributed by atoms with van der Waals surface area (Å²) in [5, 5.41) is 3.56. The molecule has 0 aliphatic carbocycles. The highest BCUT2D eigenvalue weighted by Gasteiger charge is 2.03. The molecule has 0 radical (unpaired) electrons. The molecule has 0 aromatic heterocycles. The molecule has 0 N–H and O–H groups in total. The highest BCUT2D eigenvalue weighted by Crippen LogP contribution is 1.97. The molecule has 0 unspecified atom stereocenters. The van der Waals surface area contributed by atoms with E-state index >= 15 is 0 Å². The standard InChI is InChI=1S/C12H27N5/c1-4-16(5-2)11-8-12-17(6-3)10-7-9-14-15-13/h4-12H2,1-3H3. The van der Waals surface area contributed by atoms with Crippen LogP contribution in [0.4, 0.5) is 0 Å². The Morgan fingerprint density at radius 3 is 1.94 bits per heavy atom. The van der Waals surface area contributed by atoms with Crippen molar-refractivity contribution in [1.82, 2.24) is 9.80 Å². The first-order valence-electron chi connectivity index (χ1n) is 6.73. The van der Waals surface area contributed by atoms with Crippen molar-refractivity contribution in [1.29, 1.82) is 0 Å². The van der Waals surface area contributed by atoms with Gasteiger partial charge in [0.25, 0.3) is 0 Å². The van der Waals surface area contributed by atoms with E-state index in [2.05, 4.69) is 40.6 Å². The Morgan fingerprint density at radius 2 is 1.41 bits per heavy atom. The Balaban J connectivity index is 3.62. The lowest BCUT2D eigenvalue weighted by Crippen LogP contribution is -2.30. The largest absolute Gasteiger partial charge is 0.304 e. The Kier molecular flexibility index (Phi) is 11.2. The van der Waals surface area contributed by atoms with Gasteiger partial charge in [0, 0.05) is 11.5 Å². The summed E-state index contributed by atoms with van der Waals surface area (Å²) < 4.78 is 0. The number of azide groups is 1. The zero-order valence-electron chi connectivity index (χ0n) is 11.6. The first-order chi connectivity index (χ1) is 8.28. The van der Waals surface area contributed by atoms with Gasteiger partial charge in [0.1, 0.15) is 0 Å². The summed E-state index contributed by atoms with van der Waals surface area (Å²) in [6.07, 6.45) is 2.18. The lowest BCUT2D eigenvalue weighted by Gasteiger charge is -2.23. The van der Waals surface area contributed by atoms with Gasteiger partial charge in [0.05, 0.1) is 0 Å². The van der Waals surface area contributed by atoms with Gasteiger partial charge in [-0.2, -0.15) is 0 Å². The average molecular weight is 241 g/mol. The van der Waals surface area contributed by atoms with E-state index in [1.807, 2.05) is 0 Å². The van der Waals surface area contributed by atoms with Crippen LogP contribution in [0.2, 0.25) is 0 Å². The average Bonchev–Trinajstić information content (AvgIpc) is 2.37. The zero-order chi connectivity index (χ0) is 12.9. The maximum Gasteiger partial charge on any atom is 0.0270 e. The van der Waals surface area contributed by atoms with Crippen LogP contribution < -0.4 is 0 Å². The van der Waals surface area contributed by atoms with Gasteiger partial charge < -0.3 is 9.80 Å². The van der Waals surface area contributed by atoms with Crippen molar-refractivity contribution in [2.24, 2.45) is 5.11 Å². The minimum absolute atomic E-state index is 0.614. The van der Waals surface area contributed by atoms with Crippen LogP contribution in [0.5, 0.6) is 0 Å². The second kappa shape index (κ2) is 11.7. The van der Waals surface area contributed by atoms with Crippen molar-refractivity contribution in [3.05, 3.63) is 10.4 Å². The first-order valence-corrected chi connectivity index (χ1v) is 6.73. The van der Waals surface area contributed by atoms with E-state index < -0.39 is 0 Å². The van der Waals surface area contributed by atoms with Crippen LogP contribution in [-0.4, -0.2) is 55.6 Å². The first kappa shape index (κ1) is 16.2. The van der Waals surface area contributed by atoms with E-state index in [0.29, 0.717) is 6.54 Å². The fourth-order valence-corrected chi connectivity index (χ4v) is 1.90. The molecule has 0 bridgehead atoms. The lowest BCUT2D eigenvalue weighted by atomic mass is 10.3. The zero-order valence-corrected chi connectivity index (χ0v) is 11.6. The summed E-state index contributed by atoms with van der Waals surface area (Å²) in [7, 11) is 0. The van der Waals surface area contributed by atoms with Gasteiger partial charge in [-0.05, 0) is 57.6 Å². The Bertz CT molecular complexity index is 209. The fraction of sp³-hybridized carbons (Fsp3) is 1.00. The van der Waals surface area contributed by atoms with E-state index in [0.717, 1.165) is 39.1 Å². The van der Waals surface area contributed by atoms with E-state index in [1.54, 1.807) is 0 Å². The van der Waals surface area contributed by atoms with Gasteiger partial charge in [0.15, 0.2) is 0 Å². The summed E-state index contributed by atoms with van der Waals surface area (Å²) in [5.74, 6) is 0. The van der Waals surface area contributed by atoms with Crippen molar-refractivity contribution in [2.45, 2.75) is 33.6 Å². The van der Waals surface area contributed by atoms with Crippen molar-refractivity contribution in [3.8, 4) is 0 Å². The topological polar surface area (TPSA) is 55.2 Å². The second-order valence-electron chi connectivity index (χ2n) is 4.12. The molecule has 0 aromatic carbocycles. The summed E-state index contributed by atoms with van der Waals surface area (Å²) in [5.41, 5.74) is 8.18. The van der Waals surface area contributed by atoms with Gasteiger partial charge in [-0.25, -0.2) is 0 Å². The quantitative estimate of drug-likeness (QED) is 0.242. The normalized spacial score (nSPS) is 10.9. The van der Waals surface area contributed by atoms with E-state index in [4.69, 9.17) is 5.53 Å². The van der Waals surface area contributed by atoms with Gasteiger partial charge in [-0.1, -0.05) is 25.9 Å². The van der Waals surface area contributed by atoms with Crippen molar-refractivity contribution < 1.29 is 0 Å². The van der Waals surface area contributed by atoms with Gasteiger partial charge >= 0.3 is 0 Å². The van der Waals surface area contributed by atoms with Crippen LogP contribution >= 0.6 is 0 Å². The molecule has 5 heteroatoms. The molecule has 0 atom stereocenters. The SMILES string of the molecule is CCN(CC)CCCN(CC)CCCN=[N+]=[N-]. The molecule has 0 aliphatic heterocycles. The fourth-order valence-electron chi connectivity index (χ4n) is 1.90. The third-order valence-corrected chi connectivity index (χ3v) is 3.09. The Hall–Kier alpha value is -0.770. The van der Waals surface area contributed by atoms with Gasteiger partial charge in [-0.15, -0.1) is 0 Å². The van der Waals surface area contributed by atoms with E-state index in [1.165, 1.54) is 13.0 Å². The number of hydrogen-bond donors (Lipinski definition) is 0. The third-order valence-electron chi connectivity index (χ3n) is 3.09. The number of hydrogen-bond acceptors (Lipinski definition) is 3. The minimum Gasteiger partial charge on any atom is -0.304 e. The number of rotatable bonds is 11. The van der Waals surface area contributed by atoms with Crippen LogP contribution in [0.3, 0.4) is 0 Å². The summed E-state index contributed by atoms with van der Waals surface area (Å²) in [6, 6.07) is 0. The molecule has 0 rings (SSSR count). The van der Waals surface area contributed by atoms with Gasteiger partial charge in [-0.3, -0.25) is 0 Å². The predicted octanol–water partition coefficient (Wildman–Crippen LogP) is 2.74. The molecule has 0 fully saturated rings. The molecular formula is C12H27N5. The number of nitrogens with zero attached hydrogens (tertiary/aromatic N) is 5. The van der Waals surface area contributed by atoms with Crippen molar-refractivity contribution >= 4 is 0 Å². The van der Waals surface area contributed by atoms with E-state index in [9.17, 15) is 0 Å². The van der Waals surface area contributed by atoms with Crippen LogP contribution in [0, 0.1) is 0 Å². The summed E-state index contributed by atoms with van der Waals surface area (Å²) in [6.45, 7) is 13.9. The van der Waals surface area contributed by atoms with Crippen molar-refractivity contribution in [3.63, 3.8) is 0 Å².